The van der Waals surface area contributed by atoms with Crippen LogP contribution in [0, 0.1) is 0 Å². The quantitative estimate of drug-likeness (QED) is 0.898. The van der Waals surface area contributed by atoms with E-state index in [1.165, 1.54) is 28.6 Å². The van der Waals surface area contributed by atoms with Gasteiger partial charge in [-0.3, -0.25) is 4.79 Å². The molecular weight excluding hydrogens is 312 g/mol. The molecule has 116 valence electrons. The van der Waals surface area contributed by atoms with E-state index in [4.69, 9.17) is 17.3 Å². The molecular formula is C14H19ClN2O3S. The third kappa shape index (κ3) is 3.96. The van der Waals surface area contributed by atoms with Gasteiger partial charge in [0.15, 0.2) is 0 Å². The van der Waals surface area contributed by atoms with Crippen molar-refractivity contribution in [1.82, 2.24) is 4.31 Å². The van der Waals surface area contributed by atoms with Gasteiger partial charge in [0.05, 0.1) is 11.4 Å². The highest BCUT2D eigenvalue weighted by atomic mass is 35.5. The molecule has 1 fully saturated rings. The standard InChI is InChI=1S/C14H19ClN2O3S/c15-11-6-8-13(9-7-11)21(19,20)17(10-14(16)18)12-4-2-1-3-5-12/h6-9,12H,1-5,10H2,(H2,16,18). The first-order valence-electron chi connectivity index (χ1n) is 6.97. The third-order valence-corrected chi connectivity index (χ3v) is 5.88. The van der Waals surface area contributed by atoms with Gasteiger partial charge in [0.1, 0.15) is 0 Å². The summed E-state index contributed by atoms with van der Waals surface area (Å²) in [6, 6.07) is 5.80. The fourth-order valence-electron chi connectivity index (χ4n) is 2.67. The second-order valence-electron chi connectivity index (χ2n) is 5.26. The Hall–Kier alpha value is -1.11. The lowest BCUT2D eigenvalue weighted by atomic mass is 9.95. The van der Waals surface area contributed by atoms with Crippen molar-refractivity contribution in [1.29, 1.82) is 0 Å². The number of hydrogen-bond acceptors (Lipinski definition) is 3. The van der Waals surface area contributed by atoms with Gasteiger partial charge in [0, 0.05) is 11.1 Å². The van der Waals surface area contributed by atoms with Crippen LogP contribution in [0.15, 0.2) is 29.2 Å². The van der Waals surface area contributed by atoms with Gasteiger partial charge in [-0.1, -0.05) is 30.9 Å². The maximum absolute atomic E-state index is 12.8. The largest absolute Gasteiger partial charge is 0.369 e. The molecule has 2 N–H and O–H groups in total. The molecule has 1 aromatic carbocycles. The normalized spacial score (nSPS) is 17.0. The molecule has 1 aliphatic rings. The van der Waals surface area contributed by atoms with E-state index in [2.05, 4.69) is 0 Å². The fourth-order valence-corrected chi connectivity index (χ4v) is 4.45. The summed E-state index contributed by atoms with van der Waals surface area (Å²) < 4.78 is 26.8. The highest BCUT2D eigenvalue weighted by molar-refractivity contribution is 7.89. The smallest absolute Gasteiger partial charge is 0.243 e. The molecule has 0 bridgehead atoms. The lowest BCUT2D eigenvalue weighted by molar-refractivity contribution is -0.118. The van der Waals surface area contributed by atoms with E-state index in [1.54, 1.807) is 0 Å². The molecule has 1 aliphatic carbocycles. The summed E-state index contributed by atoms with van der Waals surface area (Å²) >= 11 is 5.79. The molecule has 2 rings (SSSR count). The highest BCUT2D eigenvalue weighted by Gasteiger charge is 2.33. The first-order chi connectivity index (χ1) is 9.91. The molecule has 0 atom stereocenters. The van der Waals surface area contributed by atoms with Gasteiger partial charge in [-0.05, 0) is 37.1 Å². The molecule has 0 heterocycles. The minimum atomic E-state index is -3.74. The number of carbonyl (C=O) groups excluding carboxylic acids is 1. The Bertz CT molecular complexity index is 595. The van der Waals surface area contributed by atoms with E-state index >= 15 is 0 Å². The van der Waals surface area contributed by atoms with Crippen molar-refractivity contribution in [2.24, 2.45) is 5.73 Å². The van der Waals surface area contributed by atoms with Crippen LogP contribution in [-0.4, -0.2) is 31.2 Å². The summed E-state index contributed by atoms with van der Waals surface area (Å²) in [5, 5.41) is 0.466. The van der Waals surface area contributed by atoms with Gasteiger partial charge in [-0.2, -0.15) is 4.31 Å². The molecule has 1 amide bonds. The Labute approximate surface area is 130 Å². The molecule has 21 heavy (non-hydrogen) atoms. The number of halogens is 1. The van der Waals surface area contributed by atoms with Crippen molar-refractivity contribution in [2.75, 3.05) is 6.54 Å². The average Bonchev–Trinajstić information content (AvgIpc) is 2.46. The molecule has 1 saturated carbocycles. The van der Waals surface area contributed by atoms with Crippen molar-refractivity contribution in [3.05, 3.63) is 29.3 Å². The summed E-state index contributed by atoms with van der Waals surface area (Å²) in [7, 11) is -3.74. The van der Waals surface area contributed by atoms with Crippen LogP contribution < -0.4 is 5.73 Å². The van der Waals surface area contributed by atoms with E-state index in [0.717, 1.165) is 32.1 Å². The zero-order valence-electron chi connectivity index (χ0n) is 11.7. The Balaban J connectivity index is 2.33. The summed E-state index contributed by atoms with van der Waals surface area (Å²) in [5.41, 5.74) is 5.23. The number of rotatable bonds is 5. The number of sulfonamides is 1. The number of amides is 1. The lowest BCUT2D eigenvalue weighted by Crippen LogP contribution is -2.45. The molecule has 1 aromatic rings. The maximum Gasteiger partial charge on any atom is 0.243 e. The minimum absolute atomic E-state index is 0.138. The van der Waals surface area contributed by atoms with Crippen LogP contribution >= 0.6 is 11.6 Å². The van der Waals surface area contributed by atoms with Crippen LogP contribution in [0.1, 0.15) is 32.1 Å². The predicted octanol–water partition coefficient (Wildman–Crippen LogP) is 2.15. The van der Waals surface area contributed by atoms with E-state index in [1.807, 2.05) is 0 Å². The molecule has 0 saturated heterocycles. The third-order valence-electron chi connectivity index (χ3n) is 3.71. The molecule has 0 aromatic heterocycles. The maximum atomic E-state index is 12.8. The van der Waals surface area contributed by atoms with E-state index in [9.17, 15) is 13.2 Å². The minimum Gasteiger partial charge on any atom is -0.369 e. The van der Waals surface area contributed by atoms with Crippen LogP contribution in [0.4, 0.5) is 0 Å². The number of primary amides is 1. The molecule has 0 unspecified atom stereocenters. The SMILES string of the molecule is NC(=O)CN(C1CCCCC1)S(=O)(=O)c1ccc(Cl)cc1. The van der Waals surface area contributed by atoms with Crippen LogP contribution in [0.2, 0.25) is 5.02 Å². The Morgan fingerprint density at radius 1 is 1.19 bits per heavy atom. The first kappa shape index (κ1) is 16.3. The molecule has 7 heteroatoms. The fraction of sp³-hybridized carbons (Fsp3) is 0.500. The van der Waals surface area contributed by atoms with Gasteiger partial charge >= 0.3 is 0 Å². The zero-order valence-corrected chi connectivity index (χ0v) is 13.2. The van der Waals surface area contributed by atoms with Crippen molar-refractivity contribution in [2.45, 2.75) is 43.0 Å². The number of nitrogens with zero attached hydrogens (tertiary/aromatic N) is 1. The van der Waals surface area contributed by atoms with Gasteiger partial charge in [0.2, 0.25) is 15.9 Å². The number of hydrogen-bond donors (Lipinski definition) is 1. The van der Waals surface area contributed by atoms with E-state index < -0.39 is 15.9 Å². The molecule has 0 spiro atoms. The Kier molecular flexibility index (Phi) is 5.24. The second kappa shape index (κ2) is 6.77. The first-order valence-corrected chi connectivity index (χ1v) is 8.79. The average molecular weight is 331 g/mol. The Morgan fingerprint density at radius 2 is 1.76 bits per heavy atom. The molecule has 5 nitrogen and oxygen atoms in total. The van der Waals surface area contributed by atoms with Crippen molar-refractivity contribution in [3.63, 3.8) is 0 Å². The predicted molar refractivity (Wildman–Crippen MR) is 81.4 cm³/mol. The second-order valence-corrected chi connectivity index (χ2v) is 7.59. The van der Waals surface area contributed by atoms with Crippen molar-refractivity contribution < 1.29 is 13.2 Å². The summed E-state index contributed by atoms with van der Waals surface area (Å²) in [6.45, 7) is -0.282. The van der Waals surface area contributed by atoms with E-state index in [0.29, 0.717) is 5.02 Å². The van der Waals surface area contributed by atoms with Crippen molar-refractivity contribution >= 4 is 27.5 Å². The van der Waals surface area contributed by atoms with Gasteiger partial charge in [-0.15, -0.1) is 0 Å². The number of carbonyl (C=O) groups is 1. The van der Waals surface area contributed by atoms with Gasteiger partial charge < -0.3 is 5.73 Å². The van der Waals surface area contributed by atoms with Crippen LogP contribution in [0.25, 0.3) is 0 Å². The zero-order chi connectivity index (χ0) is 15.5. The molecule has 0 aliphatic heterocycles. The monoisotopic (exact) mass is 330 g/mol. The van der Waals surface area contributed by atoms with E-state index in [-0.39, 0.29) is 17.5 Å². The van der Waals surface area contributed by atoms with Crippen LogP contribution in [0.5, 0.6) is 0 Å². The highest BCUT2D eigenvalue weighted by Crippen LogP contribution is 2.28. The molecule has 0 radical (unpaired) electrons. The lowest BCUT2D eigenvalue weighted by Gasteiger charge is -2.32. The number of benzene rings is 1. The summed E-state index contributed by atoms with van der Waals surface area (Å²) in [5.74, 6) is -0.641. The topological polar surface area (TPSA) is 80.5 Å². The summed E-state index contributed by atoms with van der Waals surface area (Å²) in [6.07, 6.45) is 4.56. The van der Waals surface area contributed by atoms with Gasteiger partial charge in [-0.25, -0.2) is 8.42 Å². The Morgan fingerprint density at radius 3 is 2.29 bits per heavy atom. The van der Waals surface area contributed by atoms with Crippen LogP contribution in [0.3, 0.4) is 0 Å². The van der Waals surface area contributed by atoms with Crippen LogP contribution in [-0.2, 0) is 14.8 Å². The summed E-state index contributed by atoms with van der Waals surface area (Å²) in [4.78, 5) is 11.4. The van der Waals surface area contributed by atoms with Crippen molar-refractivity contribution in [3.8, 4) is 0 Å². The van der Waals surface area contributed by atoms with Gasteiger partial charge in [0.25, 0.3) is 0 Å². The number of nitrogens with two attached hydrogens (primary N) is 1.